The Hall–Kier alpha value is -0.770. The predicted octanol–water partition coefficient (Wildman–Crippen LogP) is 0.809. The minimum absolute atomic E-state index is 0.0500. The second-order valence-corrected chi connectivity index (χ2v) is 3.20. The summed E-state index contributed by atoms with van der Waals surface area (Å²) in [7, 11) is 0. The first-order chi connectivity index (χ1) is 6.13. The van der Waals surface area contributed by atoms with Crippen LogP contribution in [0.15, 0.2) is 0 Å². The topological polar surface area (TPSA) is 52.6 Å². The average molecular weight is 188 g/mol. The van der Waals surface area contributed by atoms with Crippen LogP contribution < -0.4 is 5.32 Å². The van der Waals surface area contributed by atoms with Crippen molar-refractivity contribution in [1.29, 1.82) is 0 Å². The number of urea groups is 1. The van der Waals surface area contributed by atoms with Gasteiger partial charge in [-0.15, -0.1) is 0 Å². The van der Waals surface area contributed by atoms with E-state index in [0.29, 0.717) is 19.5 Å². The van der Waals surface area contributed by atoms with E-state index in [1.54, 1.807) is 4.90 Å². The normalized spacial score (nSPS) is 10.2. The summed E-state index contributed by atoms with van der Waals surface area (Å²) in [5, 5.41) is 11.4. The van der Waals surface area contributed by atoms with Gasteiger partial charge in [-0.3, -0.25) is 0 Å². The molecule has 2 amide bonds. The lowest BCUT2D eigenvalue weighted by Gasteiger charge is -2.26. The van der Waals surface area contributed by atoms with Gasteiger partial charge in [0.2, 0.25) is 0 Å². The molecule has 0 atom stereocenters. The van der Waals surface area contributed by atoms with Crippen molar-refractivity contribution in [1.82, 2.24) is 10.2 Å². The molecule has 0 aromatic heterocycles. The van der Waals surface area contributed by atoms with Gasteiger partial charge >= 0.3 is 6.03 Å². The first kappa shape index (κ1) is 12.2. The van der Waals surface area contributed by atoms with Crippen molar-refractivity contribution >= 4 is 6.03 Å². The fraction of sp³-hybridized carbons (Fsp3) is 0.889. The molecule has 0 aliphatic rings. The van der Waals surface area contributed by atoms with E-state index in [0.717, 1.165) is 0 Å². The van der Waals surface area contributed by atoms with Crippen molar-refractivity contribution in [2.24, 2.45) is 0 Å². The molecule has 4 nitrogen and oxygen atoms in total. The standard InChI is InChI=1S/C9H20N2O2/c1-4-10-9(13)11(8(2)3)6-5-7-12/h8,12H,4-7H2,1-3H3,(H,10,13). The quantitative estimate of drug-likeness (QED) is 0.670. The molecule has 0 spiro atoms. The number of nitrogens with one attached hydrogen (secondary N) is 1. The van der Waals surface area contributed by atoms with Crippen molar-refractivity contribution in [2.45, 2.75) is 33.2 Å². The van der Waals surface area contributed by atoms with Crippen LogP contribution in [0.4, 0.5) is 4.79 Å². The average Bonchev–Trinajstić information content (AvgIpc) is 2.05. The van der Waals surface area contributed by atoms with Crippen LogP contribution in [-0.4, -0.2) is 41.8 Å². The van der Waals surface area contributed by atoms with Crippen molar-refractivity contribution in [3.63, 3.8) is 0 Å². The predicted molar refractivity (Wildman–Crippen MR) is 52.6 cm³/mol. The first-order valence-electron chi connectivity index (χ1n) is 4.78. The van der Waals surface area contributed by atoms with E-state index in [1.165, 1.54) is 0 Å². The minimum atomic E-state index is -0.0500. The van der Waals surface area contributed by atoms with Gasteiger partial charge in [0.15, 0.2) is 0 Å². The number of aliphatic hydroxyl groups excluding tert-OH is 1. The Balaban J connectivity index is 3.99. The molecule has 0 fully saturated rings. The van der Waals surface area contributed by atoms with Crippen LogP contribution in [0.5, 0.6) is 0 Å². The van der Waals surface area contributed by atoms with E-state index < -0.39 is 0 Å². The summed E-state index contributed by atoms with van der Waals surface area (Å²) in [4.78, 5) is 13.1. The zero-order valence-electron chi connectivity index (χ0n) is 8.71. The van der Waals surface area contributed by atoms with Crippen LogP contribution in [0, 0.1) is 0 Å². The number of hydrogen-bond donors (Lipinski definition) is 2. The maximum Gasteiger partial charge on any atom is 0.317 e. The Bertz CT molecular complexity index is 149. The fourth-order valence-electron chi connectivity index (χ4n) is 1.09. The van der Waals surface area contributed by atoms with E-state index in [4.69, 9.17) is 5.11 Å². The minimum Gasteiger partial charge on any atom is -0.396 e. The van der Waals surface area contributed by atoms with Gasteiger partial charge in [-0.2, -0.15) is 0 Å². The molecule has 0 saturated heterocycles. The zero-order chi connectivity index (χ0) is 10.3. The van der Waals surface area contributed by atoms with Crippen LogP contribution in [0.3, 0.4) is 0 Å². The van der Waals surface area contributed by atoms with Gasteiger partial charge in [0.1, 0.15) is 0 Å². The summed E-state index contributed by atoms with van der Waals surface area (Å²) in [6.07, 6.45) is 0.634. The number of amides is 2. The second-order valence-electron chi connectivity index (χ2n) is 3.20. The molecule has 0 aromatic carbocycles. The molecule has 4 heteroatoms. The highest BCUT2D eigenvalue weighted by molar-refractivity contribution is 5.74. The summed E-state index contributed by atoms with van der Waals surface area (Å²) in [6.45, 7) is 7.20. The number of aliphatic hydroxyl groups is 1. The van der Waals surface area contributed by atoms with Crippen molar-refractivity contribution in [3.8, 4) is 0 Å². The Labute approximate surface area is 79.9 Å². The van der Waals surface area contributed by atoms with Crippen molar-refractivity contribution in [3.05, 3.63) is 0 Å². The molecule has 0 aromatic rings. The highest BCUT2D eigenvalue weighted by Gasteiger charge is 2.14. The van der Waals surface area contributed by atoms with Gasteiger partial charge < -0.3 is 15.3 Å². The van der Waals surface area contributed by atoms with Crippen molar-refractivity contribution in [2.75, 3.05) is 19.7 Å². The lowest BCUT2D eigenvalue weighted by atomic mass is 10.3. The molecule has 0 bridgehead atoms. The van der Waals surface area contributed by atoms with Crippen LogP contribution in [0.25, 0.3) is 0 Å². The Kier molecular flexibility index (Phi) is 6.32. The summed E-state index contributed by atoms with van der Waals surface area (Å²) in [5.74, 6) is 0. The van der Waals surface area contributed by atoms with Gasteiger partial charge in [-0.25, -0.2) is 4.79 Å². The number of carbonyl (C=O) groups is 1. The van der Waals surface area contributed by atoms with Crippen molar-refractivity contribution < 1.29 is 9.90 Å². The van der Waals surface area contributed by atoms with E-state index in [1.807, 2.05) is 20.8 Å². The molecule has 0 radical (unpaired) electrons. The molecule has 78 valence electrons. The fourth-order valence-corrected chi connectivity index (χ4v) is 1.09. The third-order valence-electron chi connectivity index (χ3n) is 1.77. The van der Waals surface area contributed by atoms with E-state index in [2.05, 4.69) is 5.32 Å². The monoisotopic (exact) mass is 188 g/mol. The summed E-state index contributed by atoms with van der Waals surface area (Å²) in [6, 6.07) is 0.129. The number of nitrogens with zero attached hydrogens (tertiary/aromatic N) is 1. The van der Waals surface area contributed by atoms with Gasteiger partial charge in [0.25, 0.3) is 0 Å². The summed E-state index contributed by atoms with van der Waals surface area (Å²) < 4.78 is 0. The van der Waals surface area contributed by atoms with Gasteiger partial charge in [0, 0.05) is 25.7 Å². The second kappa shape index (κ2) is 6.71. The molecule has 0 heterocycles. The molecule has 0 rings (SSSR count). The number of hydrogen-bond acceptors (Lipinski definition) is 2. The highest BCUT2D eigenvalue weighted by Crippen LogP contribution is 1.99. The molecule has 0 unspecified atom stereocenters. The first-order valence-corrected chi connectivity index (χ1v) is 4.78. The highest BCUT2D eigenvalue weighted by atomic mass is 16.3. The van der Waals surface area contributed by atoms with Crippen LogP contribution in [0.1, 0.15) is 27.2 Å². The molecule has 2 N–H and O–H groups in total. The molecule has 0 aliphatic heterocycles. The van der Waals surface area contributed by atoms with Gasteiger partial charge in [-0.05, 0) is 27.2 Å². The molecular formula is C9H20N2O2. The molecule has 0 aliphatic carbocycles. The summed E-state index contributed by atoms with van der Waals surface area (Å²) in [5.41, 5.74) is 0. The van der Waals surface area contributed by atoms with E-state index >= 15 is 0 Å². The SMILES string of the molecule is CCNC(=O)N(CCCO)C(C)C. The third-order valence-corrected chi connectivity index (χ3v) is 1.77. The Morgan fingerprint density at radius 3 is 2.54 bits per heavy atom. The lowest BCUT2D eigenvalue weighted by molar-refractivity contribution is 0.175. The Morgan fingerprint density at radius 1 is 1.54 bits per heavy atom. The maximum atomic E-state index is 11.4. The molecule has 13 heavy (non-hydrogen) atoms. The van der Waals surface area contributed by atoms with E-state index in [9.17, 15) is 4.79 Å². The number of rotatable bonds is 5. The lowest BCUT2D eigenvalue weighted by Crippen LogP contribution is -2.44. The van der Waals surface area contributed by atoms with Gasteiger partial charge in [0.05, 0.1) is 0 Å². The largest absolute Gasteiger partial charge is 0.396 e. The summed E-state index contributed by atoms with van der Waals surface area (Å²) >= 11 is 0. The third kappa shape index (κ3) is 4.72. The zero-order valence-corrected chi connectivity index (χ0v) is 8.71. The molecular weight excluding hydrogens is 168 g/mol. The number of carbonyl (C=O) groups excluding carboxylic acids is 1. The molecule has 0 saturated carbocycles. The smallest absolute Gasteiger partial charge is 0.317 e. The Morgan fingerprint density at radius 2 is 2.15 bits per heavy atom. The van der Waals surface area contributed by atoms with Crippen LogP contribution >= 0.6 is 0 Å². The van der Waals surface area contributed by atoms with Crippen LogP contribution in [-0.2, 0) is 0 Å². The van der Waals surface area contributed by atoms with Crippen LogP contribution in [0.2, 0.25) is 0 Å². The van der Waals surface area contributed by atoms with Gasteiger partial charge in [-0.1, -0.05) is 0 Å². The van der Waals surface area contributed by atoms with E-state index in [-0.39, 0.29) is 18.7 Å². The maximum absolute atomic E-state index is 11.4.